The van der Waals surface area contributed by atoms with Crippen LogP contribution in [0, 0.1) is 17.8 Å². The third-order valence-corrected chi connectivity index (χ3v) is 12.8. The molecule has 3 fully saturated rings. The van der Waals surface area contributed by atoms with Crippen LogP contribution in [-0.2, 0) is 33.2 Å². The van der Waals surface area contributed by atoms with Crippen molar-refractivity contribution in [2.45, 2.75) is 198 Å². The first-order valence-electron chi connectivity index (χ1n) is 20.5. The van der Waals surface area contributed by atoms with Gasteiger partial charge in [-0.05, 0) is 100 Å². The molecule has 0 aromatic carbocycles. The van der Waals surface area contributed by atoms with Crippen LogP contribution in [0.1, 0.15) is 108 Å². The van der Waals surface area contributed by atoms with Crippen molar-refractivity contribution in [1.29, 1.82) is 0 Å². The molecular weight excluding hydrogens is 714 g/mol. The van der Waals surface area contributed by atoms with Gasteiger partial charge in [-0.1, -0.05) is 27.7 Å². The van der Waals surface area contributed by atoms with Gasteiger partial charge in [-0.25, -0.2) is 0 Å². The number of hydrogen-bond donors (Lipinski definition) is 8. The minimum absolute atomic E-state index is 0.0932. The number of hydrogen-bond acceptors (Lipinski definition) is 15. The molecular formula is C40H77N3O12. The van der Waals surface area contributed by atoms with Gasteiger partial charge in [-0.3, -0.25) is 4.79 Å². The quantitative estimate of drug-likeness (QED) is 0.110. The Kier molecular flexibility index (Phi) is 17.4. The summed E-state index contributed by atoms with van der Waals surface area (Å²) in [6, 6.07) is -0.928. The Morgan fingerprint density at radius 2 is 1.62 bits per heavy atom. The Bertz CT molecular complexity index is 1200. The molecule has 55 heavy (non-hydrogen) atoms. The molecule has 8 N–H and O–H groups in total. The van der Waals surface area contributed by atoms with Crippen molar-refractivity contribution in [2.24, 2.45) is 17.8 Å². The van der Waals surface area contributed by atoms with Crippen molar-refractivity contribution >= 4 is 5.97 Å². The van der Waals surface area contributed by atoms with E-state index in [0.29, 0.717) is 19.5 Å². The third kappa shape index (κ3) is 11.0. The monoisotopic (exact) mass is 792 g/mol. The molecule has 0 aromatic heterocycles. The lowest BCUT2D eigenvalue weighted by atomic mass is 9.75. The highest BCUT2D eigenvalue weighted by Gasteiger charge is 2.58. The number of likely N-dealkylation sites (N-methyl/N-ethyl adjacent to an activating group) is 1. The third-order valence-electron chi connectivity index (χ3n) is 12.8. The van der Waals surface area contributed by atoms with Crippen LogP contribution in [0.3, 0.4) is 0 Å². The van der Waals surface area contributed by atoms with E-state index in [1.54, 1.807) is 48.6 Å². The van der Waals surface area contributed by atoms with Crippen LogP contribution in [-0.4, -0.2) is 155 Å². The van der Waals surface area contributed by atoms with Crippen LogP contribution in [0.5, 0.6) is 0 Å². The molecule has 0 bridgehead atoms. The van der Waals surface area contributed by atoms with Crippen LogP contribution in [0.2, 0.25) is 0 Å². The summed E-state index contributed by atoms with van der Waals surface area (Å²) in [7, 11) is 3.29. The highest BCUT2D eigenvalue weighted by atomic mass is 16.7. The van der Waals surface area contributed by atoms with Crippen molar-refractivity contribution < 1.29 is 58.7 Å². The van der Waals surface area contributed by atoms with E-state index in [1.807, 2.05) is 27.7 Å². The van der Waals surface area contributed by atoms with Gasteiger partial charge in [0.2, 0.25) is 0 Å². The average molecular weight is 792 g/mol. The van der Waals surface area contributed by atoms with Gasteiger partial charge >= 0.3 is 5.97 Å². The number of cyclic esters (lactones) is 1. The summed E-state index contributed by atoms with van der Waals surface area (Å²) in [4.78, 5) is 14.3. The number of ether oxygens (including phenoxy) is 6. The second-order valence-electron chi connectivity index (χ2n) is 17.6. The van der Waals surface area contributed by atoms with Gasteiger partial charge in [0, 0.05) is 38.1 Å². The molecule has 3 heterocycles. The van der Waals surface area contributed by atoms with E-state index in [9.17, 15) is 30.3 Å². The Hall–Kier alpha value is -1.05. The minimum Gasteiger partial charge on any atom is -0.459 e. The van der Waals surface area contributed by atoms with E-state index in [2.05, 4.69) is 16.0 Å². The fraction of sp³-hybridized carbons (Fsp3) is 0.975. The van der Waals surface area contributed by atoms with Crippen molar-refractivity contribution in [3.63, 3.8) is 0 Å². The maximum atomic E-state index is 14.3. The zero-order valence-corrected chi connectivity index (χ0v) is 35.8. The minimum atomic E-state index is -1.81. The number of aliphatic hydroxyl groups excluding tert-OH is 2. The summed E-state index contributed by atoms with van der Waals surface area (Å²) >= 11 is 0. The normalized spacial score (nSPS) is 48.4. The van der Waals surface area contributed by atoms with Crippen LogP contribution in [0.4, 0.5) is 0 Å². The van der Waals surface area contributed by atoms with Gasteiger partial charge in [0.1, 0.15) is 35.1 Å². The summed E-state index contributed by atoms with van der Waals surface area (Å²) in [6.07, 6.45) is -6.76. The van der Waals surface area contributed by atoms with Gasteiger partial charge < -0.3 is 69.9 Å². The predicted octanol–water partition coefficient (Wildman–Crippen LogP) is 1.59. The molecule has 3 saturated heterocycles. The van der Waals surface area contributed by atoms with Gasteiger partial charge in [-0.15, -0.1) is 0 Å². The lowest BCUT2D eigenvalue weighted by Crippen LogP contribution is -2.70. The predicted molar refractivity (Wildman–Crippen MR) is 207 cm³/mol. The van der Waals surface area contributed by atoms with Gasteiger partial charge in [-0.2, -0.15) is 0 Å². The van der Waals surface area contributed by atoms with Crippen molar-refractivity contribution in [3.05, 3.63) is 0 Å². The number of aliphatic hydroxyl groups is 5. The summed E-state index contributed by atoms with van der Waals surface area (Å²) < 4.78 is 38.1. The molecule has 1 unspecified atom stereocenters. The Balaban J connectivity index is 2.15. The number of carbonyl (C=O) groups is 1. The number of nitrogens with one attached hydrogen (secondary N) is 3. The molecule has 324 valence electrons. The Morgan fingerprint density at radius 1 is 0.964 bits per heavy atom. The Labute approximate surface area is 329 Å². The summed E-state index contributed by atoms with van der Waals surface area (Å²) in [5.41, 5.74) is -5.95. The molecule has 0 saturated carbocycles. The zero-order valence-electron chi connectivity index (χ0n) is 35.8. The summed E-state index contributed by atoms with van der Waals surface area (Å²) in [6.45, 7) is 20.8. The number of esters is 1. The summed E-state index contributed by atoms with van der Waals surface area (Å²) in [5, 5.41) is 68.6. The highest BCUT2D eigenvalue weighted by molar-refractivity contribution is 5.73. The lowest BCUT2D eigenvalue weighted by molar-refractivity contribution is -0.335. The van der Waals surface area contributed by atoms with Gasteiger partial charge in [0.15, 0.2) is 12.6 Å². The first kappa shape index (κ1) is 48.3. The maximum absolute atomic E-state index is 14.3. The fourth-order valence-corrected chi connectivity index (χ4v) is 9.01. The molecule has 0 spiro atoms. The Morgan fingerprint density at radius 3 is 2.20 bits per heavy atom. The topological polar surface area (TPSA) is 210 Å². The number of carbonyl (C=O) groups excluding carboxylic acids is 1. The molecule has 3 rings (SSSR count). The highest BCUT2D eigenvalue weighted by Crippen LogP contribution is 2.43. The zero-order chi connectivity index (χ0) is 41.7. The van der Waals surface area contributed by atoms with Crippen molar-refractivity contribution in [3.8, 4) is 0 Å². The molecule has 3 aliphatic rings. The van der Waals surface area contributed by atoms with E-state index >= 15 is 0 Å². The van der Waals surface area contributed by atoms with Crippen molar-refractivity contribution in [2.75, 3.05) is 33.8 Å². The molecule has 3 aliphatic heterocycles. The molecule has 15 nitrogen and oxygen atoms in total. The maximum Gasteiger partial charge on any atom is 0.311 e. The fourth-order valence-electron chi connectivity index (χ4n) is 9.01. The second-order valence-corrected chi connectivity index (χ2v) is 17.6. The molecule has 0 aromatic rings. The van der Waals surface area contributed by atoms with E-state index in [0.717, 1.165) is 6.42 Å². The van der Waals surface area contributed by atoms with Crippen LogP contribution in [0.25, 0.3) is 0 Å². The smallest absolute Gasteiger partial charge is 0.311 e. The number of methoxy groups -OCH3 is 1. The van der Waals surface area contributed by atoms with Crippen LogP contribution >= 0.6 is 0 Å². The van der Waals surface area contributed by atoms with Crippen LogP contribution < -0.4 is 16.0 Å². The average Bonchev–Trinajstić information content (AvgIpc) is 3.12. The van der Waals surface area contributed by atoms with E-state index < -0.39 is 95.5 Å². The number of rotatable bonds is 11. The standard InChI is InChI=1S/C40H77N3O12/c1-14-16-42-21-40(49)27(8)52-30(19-38(40,10)50-13)54-32-24(5)34(55-36-31(44)28(41-12)17-23(4)51-36)37(9,47)18-22(3)20-43-26(7)33(45)39(11,48)29(15-2)53-35(46)25(32)6/h22-34,36,41-45,47-49H,14-21H2,1-13H3/t22-,23-,24+,25-,26-,27+,28+,29-,30+,31?,32+,33-,34-,36+,37-,38-,39-,40+/m1/s1. The van der Waals surface area contributed by atoms with Gasteiger partial charge in [0.05, 0.1) is 35.9 Å². The first-order chi connectivity index (χ1) is 25.5. The SMILES string of the molecule is CCCNC[C@]1(O)[C@H](C)O[C@@H](O[C@H]2[C@H](C)[C@@H](O[C@@H]3O[C@H](C)C[C@H](NC)C3O)[C@](C)(O)C[C@@H](C)CN[C@H](C)[C@@H](O)[C@](C)(O)[C@@H](CC)OC(=O)[C@@H]2C)C[C@@]1(C)OC. The first-order valence-corrected chi connectivity index (χ1v) is 20.5. The molecule has 0 amide bonds. The van der Waals surface area contributed by atoms with Crippen molar-refractivity contribution in [1.82, 2.24) is 16.0 Å². The lowest BCUT2D eigenvalue weighted by Gasteiger charge is -2.53. The largest absolute Gasteiger partial charge is 0.459 e. The van der Waals surface area contributed by atoms with E-state index in [1.165, 1.54) is 14.0 Å². The molecule has 15 heteroatoms. The molecule has 18 atom stereocenters. The second kappa shape index (κ2) is 19.8. The molecule has 0 radical (unpaired) electrons. The van der Waals surface area contributed by atoms with E-state index in [-0.39, 0.29) is 43.9 Å². The summed E-state index contributed by atoms with van der Waals surface area (Å²) in [5.74, 6) is -2.67. The van der Waals surface area contributed by atoms with Gasteiger partial charge in [0.25, 0.3) is 0 Å². The van der Waals surface area contributed by atoms with Crippen LogP contribution in [0.15, 0.2) is 0 Å². The molecule has 0 aliphatic carbocycles. The van der Waals surface area contributed by atoms with E-state index in [4.69, 9.17) is 28.4 Å².